The third-order valence-corrected chi connectivity index (χ3v) is 6.44. The number of ether oxygens (including phenoxy) is 1. The summed E-state index contributed by atoms with van der Waals surface area (Å²) in [6.45, 7) is 6.40. The van der Waals surface area contributed by atoms with E-state index in [4.69, 9.17) is 4.74 Å². The Morgan fingerprint density at radius 2 is 2.32 bits per heavy atom. The number of rotatable bonds is 7. The monoisotopic (exact) mass is 365 g/mol. The summed E-state index contributed by atoms with van der Waals surface area (Å²) in [7, 11) is 1.70. The van der Waals surface area contributed by atoms with Crippen LogP contribution < -0.4 is 10.6 Å². The molecule has 6 heteroatoms. The van der Waals surface area contributed by atoms with Crippen LogP contribution >= 0.6 is 11.3 Å². The number of carbonyl (C=O) groups is 1. The summed E-state index contributed by atoms with van der Waals surface area (Å²) in [6, 6.07) is 4.33. The molecule has 0 bridgehead atoms. The highest BCUT2D eigenvalue weighted by molar-refractivity contribution is 7.09. The first-order chi connectivity index (χ1) is 12.2. The van der Waals surface area contributed by atoms with E-state index in [1.807, 2.05) is 11.3 Å². The van der Waals surface area contributed by atoms with Crippen molar-refractivity contribution in [3.63, 3.8) is 0 Å². The highest BCUT2D eigenvalue weighted by atomic mass is 32.1. The lowest BCUT2D eigenvalue weighted by molar-refractivity contribution is -0.136. The highest BCUT2D eigenvalue weighted by Gasteiger charge is 2.39. The van der Waals surface area contributed by atoms with Gasteiger partial charge in [-0.05, 0) is 62.7 Å². The molecule has 2 aliphatic rings. The van der Waals surface area contributed by atoms with Crippen LogP contribution in [0.4, 0.5) is 0 Å². The molecule has 1 aromatic rings. The average molecular weight is 366 g/mol. The second-order valence-electron chi connectivity index (χ2n) is 7.50. The number of hydrogen-bond acceptors (Lipinski definition) is 5. The van der Waals surface area contributed by atoms with Gasteiger partial charge in [-0.25, -0.2) is 0 Å². The van der Waals surface area contributed by atoms with Crippen molar-refractivity contribution >= 4 is 17.2 Å². The predicted octanol–water partition coefficient (Wildman–Crippen LogP) is 2.09. The topological polar surface area (TPSA) is 53.6 Å². The Bertz CT molecular complexity index is 523. The van der Waals surface area contributed by atoms with Crippen LogP contribution in [0.1, 0.15) is 30.6 Å². The molecule has 1 unspecified atom stereocenters. The van der Waals surface area contributed by atoms with Crippen LogP contribution in [0.5, 0.6) is 0 Å². The number of amides is 1. The summed E-state index contributed by atoms with van der Waals surface area (Å²) in [4.78, 5) is 16.8. The third-order valence-electron chi connectivity index (χ3n) is 5.58. The van der Waals surface area contributed by atoms with Gasteiger partial charge in [0, 0.05) is 31.6 Å². The van der Waals surface area contributed by atoms with E-state index in [-0.39, 0.29) is 11.3 Å². The van der Waals surface area contributed by atoms with Crippen molar-refractivity contribution in [1.29, 1.82) is 0 Å². The van der Waals surface area contributed by atoms with Crippen LogP contribution in [-0.2, 0) is 16.1 Å². The van der Waals surface area contributed by atoms with Crippen molar-refractivity contribution < 1.29 is 9.53 Å². The molecule has 0 aliphatic carbocycles. The molecule has 3 heterocycles. The SMILES string of the molecule is COCC1(C(=O)NCC2CCCN(Cc3cccs3)C2)CCNCC1. The first-order valence-corrected chi connectivity index (χ1v) is 10.3. The van der Waals surface area contributed by atoms with Gasteiger partial charge in [0.15, 0.2) is 0 Å². The smallest absolute Gasteiger partial charge is 0.228 e. The summed E-state index contributed by atoms with van der Waals surface area (Å²) in [5.74, 6) is 0.741. The maximum absolute atomic E-state index is 12.9. The fraction of sp³-hybridized carbons (Fsp3) is 0.737. The number of methoxy groups -OCH3 is 1. The van der Waals surface area contributed by atoms with E-state index in [2.05, 4.69) is 33.0 Å². The van der Waals surface area contributed by atoms with Crippen molar-refractivity contribution in [1.82, 2.24) is 15.5 Å². The average Bonchev–Trinajstić information content (AvgIpc) is 3.14. The molecular weight excluding hydrogens is 334 g/mol. The second-order valence-corrected chi connectivity index (χ2v) is 8.53. The molecule has 2 saturated heterocycles. The van der Waals surface area contributed by atoms with Crippen LogP contribution in [-0.4, -0.2) is 57.2 Å². The minimum Gasteiger partial charge on any atom is -0.384 e. The zero-order valence-corrected chi connectivity index (χ0v) is 16.1. The van der Waals surface area contributed by atoms with E-state index < -0.39 is 0 Å². The van der Waals surface area contributed by atoms with Crippen LogP contribution in [0, 0.1) is 11.3 Å². The Labute approximate surface area is 155 Å². The van der Waals surface area contributed by atoms with Gasteiger partial charge in [-0.1, -0.05) is 6.07 Å². The molecule has 140 valence electrons. The van der Waals surface area contributed by atoms with Gasteiger partial charge in [-0.15, -0.1) is 11.3 Å². The normalized spacial score (nSPS) is 24.1. The zero-order valence-electron chi connectivity index (χ0n) is 15.3. The summed E-state index contributed by atoms with van der Waals surface area (Å²) in [5.41, 5.74) is -0.342. The minimum absolute atomic E-state index is 0.186. The molecule has 25 heavy (non-hydrogen) atoms. The number of nitrogens with zero attached hydrogens (tertiary/aromatic N) is 1. The van der Waals surface area contributed by atoms with E-state index in [1.54, 1.807) is 7.11 Å². The van der Waals surface area contributed by atoms with E-state index in [9.17, 15) is 4.79 Å². The molecule has 0 spiro atoms. The molecule has 1 atom stereocenters. The summed E-state index contributed by atoms with van der Waals surface area (Å²) < 4.78 is 5.38. The van der Waals surface area contributed by atoms with E-state index in [1.165, 1.54) is 24.3 Å². The van der Waals surface area contributed by atoms with E-state index in [0.717, 1.165) is 45.6 Å². The Balaban J connectivity index is 1.49. The lowest BCUT2D eigenvalue weighted by Gasteiger charge is -2.37. The molecule has 0 radical (unpaired) electrons. The quantitative estimate of drug-likeness (QED) is 0.777. The fourth-order valence-electron chi connectivity index (χ4n) is 4.13. The maximum Gasteiger partial charge on any atom is 0.228 e. The van der Waals surface area contributed by atoms with Crippen molar-refractivity contribution in [3.05, 3.63) is 22.4 Å². The van der Waals surface area contributed by atoms with Crippen LogP contribution in [0.25, 0.3) is 0 Å². The number of nitrogens with one attached hydrogen (secondary N) is 2. The Morgan fingerprint density at radius 3 is 3.04 bits per heavy atom. The van der Waals surface area contributed by atoms with Crippen molar-refractivity contribution in [2.75, 3.05) is 46.4 Å². The second kappa shape index (κ2) is 9.12. The van der Waals surface area contributed by atoms with Crippen LogP contribution in [0.15, 0.2) is 17.5 Å². The predicted molar refractivity (Wildman–Crippen MR) is 102 cm³/mol. The molecule has 0 saturated carbocycles. The molecule has 1 aromatic heterocycles. The van der Waals surface area contributed by atoms with Crippen molar-refractivity contribution in [2.24, 2.45) is 11.3 Å². The Hall–Kier alpha value is -0.950. The summed E-state index contributed by atoms with van der Waals surface area (Å²) >= 11 is 1.83. The first kappa shape index (κ1) is 18.8. The summed E-state index contributed by atoms with van der Waals surface area (Å²) in [6.07, 6.45) is 4.16. The molecule has 5 nitrogen and oxygen atoms in total. The Kier molecular flexibility index (Phi) is 6.87. The number of likely N-dealkylation sites (tertiary alicyclic amines) is 1. The van der Waals surface area contributed by atoms with E-state index >= 15 is 0 Å². The molecule has 0 aromatic carbocycles. The summed E-state index contributed by atoms with van der Waals surface area (Å²) in [5, 5.41) is 8.74. The van der Waals surface area contributed by atoms with Gasteiger partial charge < -0.3 is 15.4 Å². The third kappa shape index (κ3) is 5.03. The number of thiophene rings is 1. The number of carbonyl (C=O) groups excluding carboxylic acids is 1. The molecule has 1 amide bonds. The fourth-order valence-corrected chi connectivity index (χ4v) is 4.87. The lowest BCUT2D eigenvalue weighted by Crippen LogP contribution is -2.51. The van der Waals surface area contributed by atoms with Gasteiger partial charge in [0.1, 0.15) is 0 Å². The number of piperidine rings is 2. The molecule has 3 rings (SSSR count). The molecule has 2 fully saturated rings. The first-order valence-electron chi connectivity index (χ1n) is 9.44. The van der Waals surface area contributed by atoms with Gasteiger partial charge in [0.2, 0.25) is 5.91 Å². The van der Waals surface area contributed by atoms with Crippen molar-refractivity contribution in [2.45, 2.75) is 32.2 Å². The van der Waals surface area contributed by atoms with E-state index in [0.29, 0.717) is 12.5 Å². The van der Waals surface area contributed by atoms with Gasteiger partial charge in [0.05, 0.1) is 12.0 Å². The van der Waals surface area contributed by atoms with Gasteiger partial charge in [0.25, 0.3) is 0 Å². The molecular formula is C19H31N3O2S. The lowest BCUT2D eigenvalue weighted by atomic mass is 9.78. The van der Waals surface area contributed by atoms with Crippen LogP contribution in [0.3, 0.4) is 0 Å². The minimum atomic E-state index is -0.342. The number of hydrogen-bond donors (Lipinski definition) is 2. The molecule has 2 aliphatic heterocycles. The van der Waals surface area contributed by atoms with Gasteiger partial charge in [-0.2, -0.15) is 0 Å². The van der Waals surface area contributed by atoms with Gasteiger partial charge in [-0.3, -0.25) is 9.69 Å². The molecule has 2 N–H and O–H groups in total. The van der Waals surface area contributed by atoms with Crippen LogP contribution in [0.2, 0.25) is 0 Å². The van der Waals surface area contributed by atoms with Crippen molar-refractivity contribution in [3.8, 4) is 0 Å². The highest BCUT2D eigenvalue weighted by Crippen LogP contribution is 2.29. The largest absolute Gasteiger partial charge is 0.384 e. The zero-order chi connectivity index (χ0) is 17.5. The maximum atomic E-state index is 12.9. The standard InChI is InChI=1S/C19H31N3O2S/c1-24-15-19(6-8-20-9-7-19)18(23)21-12-16-4-2-10-22(13-16)14-17-5-3-11-25-17/h3,5,11,16,20H,2,4,6-10,12-15H2,1H3,(H,21,23). The Morgan fingerprint density at radius 1 is 1.48 bits per heavy atom. The van der Waals surface area contributed by atoms with Gasteiger partial charge >= 0.3 is 0 Å².